The number of piperidine rings is 1. The highest BCUT2D eigenvalue weighted by atomic mass is 16.2. The highest BCUT2D eigenvalue weighted by Gasteiger charge is 2.29. The van der Waals surface area contributed by atoms with Crippen molar-refractivity contribution in [2.75, 3.05) is 33.2 Å². The van der Waals surface area contributed by atoms with E-state index >= 15 is 0 Å². The maximum atomic E-state index is 12.2. The summed E-state index contributed by atoms with van der Waals surface area (Å²) in [6, 6.07) is 0. The summed E-state index contributed by atoms with van der Waals surface area (Å²) in [6.45, 7) is 6.89. The van der Waals surface area contributed by atoms with Gasteiger partial charge in [0.2, 0.25) is 11.8 Å². The summed E-state index contributed by atoms with van der Waals surface area (Å²) in [5, 5.41) is 5.85. The number of nitrogens with zero attached hydrogens (tertiary/aromatic N) is 1. The van der Waals surface area contributed by atoms with Crippen molar-refractivity contribution in [1.29, 1.82) is 0 Å². The van der Waals surface area contributed by atoms with Gasteiger partial charge in [0.25, 0.3) is 0 Å². The van der Waals surface area contributed by atoms with Gasteiger partial charge in [-0.3, -0.25) is 9.59 Å². The highest BCUT2D eigenvalue weighted by Crippen LogP contribution is 2.18. The molecular weight excluding hydrogens is 230 g/mol. The van der Waals surface area contributed by atoms with Crippen LogP contribution in [-0.2, 0) is 9.59 Å². The zero-order valence-electron chi connectivity index (χ0n) is 11.7. The Labute approximate surface area is 109 Å². The van der Waals surface area contributed by atoms with E-state index in [1.165, 1.54) is 0 Å². The fraction of sp³-hybridized carbons (Fsp3) is 0.846. The quantitative estimate of drug-likeness (QED) is 0.738. The zero-order chi connectivity index (χ0) is 13.5. The Hall–Kier alpha value is -1.10. The number of rotatable bonds is 5. The number of likely N-dealkylation sites (tertiary alicyclic amines) is 1. The molecule has 2 unspecified atom stereocenters. The van der Waals surface area contributed by atoms with Gasteiger partial charge in [-0.15, -0.1) is 0 Å². The number of hydrogen-bond acceptors (Lipinski definition) is 3. The Bertz CT molecular complexity index is 294. The van der Waals surface area contributed by atoms with E-state index in [1.54, 1.807) is 7.05 Å². The summed E-state index contributed by atoms with van der Waals surface area (Å²) >= 11 is 0. The van der Waals surface area contributed by atoms with Gasteiger partial charge in [-0.1, -0.05) is 13.8 Å². The first-order chi connectivity index (χ1) is 8.60. The van der Waals surface area contributed by atoms with E-state index in [0.29, 0.717) is 13.1 Å². The van der Waals surface area contributed by atoms with E-state index in [4.69, 9.17) is 0 Å². The zero-order valence-corrected chi connectivity index (χ0v) is 11.7. The van der Waals surface area contributed by atoms with Gasteiger partial charge >= 0.3 is 0 Å². The number of carbonyl (C=O) groups excluding carboxylic acids is 2. The molecule has 1 saturated heterocycles. The summed E-state index contributed by atoms with van der Waals surface area (Å²) in [5.74, 6) is 0.142. The van der Waals surface area contributed by atoms with E-state index in [1.807, 2.05) is 18.7 Å². The van der Waals surface area contributed by atoms with E-state index in [0.717, 1.165) is 25.9 Å². The first kappa shape index (κ1) is 15.0. The molecule has 0 spiro atoms. The molecule has 2 N–H and O–H groups in total. The Morgan fingerprint density at radius 2 is 2.17 bits per heavy atom. The second-order valence-corrected chi connectivity index (χ2v) is 4.95. The number of hydrogen-bond donors (Lipinski definition) is 2. The minimum Gasteiger partial charge on any atom is -0.359 e. The van der Waals surface area contributed by atoms with Crippen LogP contribution in [0.1, 0.15) is 26.7 Å². The van der Waals surface area contributed by atoms with Crippen LogP contribution in [0.3, 0.4) is 0 Å². The minimum atomic E-state index is -0.0426. The Morgan fingerprint density at radius 3 is 2.78 bits per heavy atom. The molecule has 5 heteroatoms. The molecule has 0 aliphatic carbocycles. The van der Waals surface area contributed by atoms with Crippen molar-refractivity contribution in [2.45, 2.75) is 26.7 Å². The third kappa shape index (κ3) is 3.98. The van der Waals surface area contributed by atoms with Crippen LogP contribution in [-0.4, -0.2) is 49.9 Å². The molecule has 2 amide bonds. The van der Waals surface area contributed by atoms with Gasteiger partial charge in [-0.25, -0.2) is 0 Å². The molecule has 2 atom stereocenters. The minimum absolute atomic E-state index is 0.0200. The molecule has 0 saturated carbocycles. The van der Waals surface area contributed by atoms with Crippen LogP contribution in [0.15, 0.2) is 0 Å². The molecule has 0 aromatic heterocycles. The summed E-state index contributed by atoms with van der Waals surface area (Å²) in [5.41, 5.74) is 0. The molecule has 0 bridgehead atoms. The van der Waals surface area contributed by atoms with Crippen LogP contribution in [0.5, 0.6) is 0 Å². The molecule has 0 aromatic rings. The van der Waals surface area contributed by atoms with Gasteiger partial charge in [0.15, 0.2) is 0 Å². The predicted molar refractivity (Wildman–Crippen MR) is 71.1 cm³/mol. The van der Waals surface area contributed by atoms with Gasteiger partial charge < -0.3 is 15.5 Å². The van der Waals surface area contributed by atoms with Gasteiger partial charge in [0, 0.05) is 32.6 Å². The van der Waals surface area contributed by atoms with Crippen molar-refractivity contribution in [2.24, 2.45) is 11.8 Å². The van der Waals surface area contributed by atoms with Crippen LogP contribution in [0.2, 0.25) is 0 Å². The largest absolute Gasteiger partial charge is 0.359 e. The Kier molecular flexibility index (Phi) is 6.12. The fourth-order valence-corrected chi connectivity index (χ4v) is 2.36. The standard InChI is InChI=1S/C13H25N3O2/c1-4-15-8-10(2)13(18)16-7-5-6-11(9-16)12(17)14-3/h10-11,15H,4-9H2,1-3H3,(H,14,17). The van der Waals surface area contributed by atoms with Gasteiger partial charge in [-0.2, -0.15) is 0 Å². The molecule has 1 heterocycles. The molecule has 1 fully saturated rings. The lowest BCUT2D eigenvalue weighted by molar-refractivity contribution is -0.138. The van der Waals surface area contributed by atoms with E-state index in [-0.39, 0.29) is 23.7 Å². The summed E-state index contributed by atoms with van der Waals surface area (Å²) in [6.07, 6.45) is 1.79. The molecule has 104 valence electrons. The van der Waals surface area contributed by atoms with Crippen LogP contribution < -0.4 is 10.6 Å². The average Bonchev–Trinajstić information content (AvgIpc) is 2.43. The summed E-state index contributed by atoms with van der Waals surface area (Å²) < 4.78 is 0. The first-order valence-electron chi connectivity index (χ1n) is 6.81. The maximum absolute atomic E-state index is 12.2. The smallest absolute Gasteiger partial charge is 0.226 e. The monoisotopic (exact) mass is 255 g/mol. The average molecular weight is 255 g/mol. The molecule has 1 rings (SSSR count). The molecule has 0 radical (unpaired) electrons. The lowest BCUT2D eigenvalue weighted by Gasteiger charge is -2.33. The van der Waals surface area contributed by atoms with Crippen molar-refractivity contribution >= 4 is 11.8 Å². The van der Waals surface area contributed by atoms with Crippen molar-refractivity contribution in [3.05, 3.63) is 0 Å². The van der Waals surface area contributed by atoms with Crippen molar-refractivity contribution < 1.29 is 9.59 Å². The van der Waals surface area contributed by atoms with Crippen LogP contribution in [0, 0.1) is 11.8 Å². The highest BCUT2D eigenvalue weighted by molar-refractivity contribution is 5.82. The third-order valence-electron chi connectivity index (χ3n) is 3.47. The molecule has 1 aliphatic rings. The summed E-state index contributed by atoms with van der Waals surface area (Å²) in [4.78, 5) is 25.7. The Balaban J connectivity index is 2.50. The number of nitrogens with one attached hydrogen (secondary N) is 2. The Morgan fingerprint density at radius 1 is 1.44 bits per heavy atom. The number of carbonyl (C=O) groups is 2. The van der Waals surface area contributed by atoms with Crippen molar-refractivity contribution in [3.63, 3.8) is 0 Å². The van der Waals surface area contributed by atoms with Gasteiger partial charge in [0.05, 0.1) is 5.92 Å². The molecule has 5 nitrogen and oxygen atoms in total. The SMILES string of the molecule is CCNCC(C)C(=O)N1CCCC(C(=O)NC)C1. The van der Waals surface area contributed by atoms with Crippen molar-refractivity contribution in [1.82, 2.24) is 15.5 Å². The van der Waals surface area contributed by atoms with Crippen LogP contribution in [0.25, 0.3) is 0 Å². The van der Waals surface area contributed by atoms with Crippen LogP contribution >= 0.6 is 0 Å². The molecule has 18 heavy (non-hydrogen) atoms. The van der Waals surface area contributed by atoms with Gasteiger partial charge in [-0.05, 0) is 19.4 Å². The lowest BCUT2D eigenvalue weighted by atomic mass is 9.96. The van der Waals surface area contributed by atoms with E-state index in [2.05, 4.69) is 10.6 Å². The van der Waals surface area contributed by atoms with E-state index < -0.39 is 0 Å². The number of amides is 2. The van der Waals surface area contributed by atoms with Crippen molar-refractivity contribution in [3.8, 4) is 0 Å². The topological polar surface area (TPSA) is 61.4 Å². The normalized spacial score (nSPS) is 21.5. The molecular formula is C13H25N3O2. The molecule has 1 aliphatic heterocycles. The lowest BCUT2D eigenvalue weighted by Crippen LogP contribution is -2.47. The fourth-order valence-electron chi connectivity index (χ4n) is 2.36. The third-order valence-corrected chi connectivity index (χ3v) is 3.47. The molecule has 0 aromatic carbocycles. The van der Waals surface area contributed by atoms with E-state index in [9.17, 15) is 9.59 Å². The first-order valence-corrected chi connectivity index (χ1v) is 6.81. The van der Waals surface area contributed by atoms with Crippen LogP contribution in [0.4, 0.5) is 0 Å². The predicted octanol–water partition coefficient (Wildman–Crippen LogP) is 0.217. The summed E-state index contributed by atoms with van der Waals surface area (Å²) in [7, 11) is 1.65. The van der Waals surface area contributed by atoms with Gasteiger partial charge in [0.1, 0.15) is 0 Å². The maximum Gasteiger partial charge on any atom is 0.226 e. The second-order valence-electron chi connectivity index (χ2n) is 4.95. The second kappa shape index (κ2) is 7.36.